The fourth-order valence-electron chi connectivity index (χ4n) is 2.25. The minimum Gasteiger partial charge on any atom is -0.486 e. The van der Waals surface area contributed by atoms with E-state index < -0.39 is 10.8 Å². The van der Waals surface area contributed by atoms with Crippen molar-refractivity contribution in [3.05, 3.63) is 33.9 Å². The van der Waals surface area contributed by atoms with Gasteiger partial charge in [0.1, 0.15) is 13.2 Å². The molecule has 1 aromatic carbocycles. The number of ether oxygens (including phenoxy) is 2. The van der Waals surface area contributed by atoms with Gasteiger partial charge in [0.25, 0.3) is 0 Å². The van der Waals surface area contributed by atoms with E-state index in [1.165, 1.54) is 0 Å². The molecular weight excluding hydrogens is 384 g/mol. The Kier molecular flexibility index (Phi) is 5.32. The van der Waals surface area contributed by atoms with Crippen LogP contribution in [0.1, 0.15) is 30.6 Å². The highest BCUT2D eigenvalue weighted by Gasteiger charge is 2.17. The Bertz CT molecular complexity index is 719. The second kappa shape index (κ2) is 7.44. The Morgan fingerprint density at radius 2 is 1.96 bits per heavy atom. The van der Waals surface area contributed by atoms with Crippen LogP contribution in [0.3, 0.4) is 0 Å². The van der Waals surface area contributed by atoms with Gasteiger partial charge >= 0.3 is 0 Å². The van der Waals surface area contributed by atoms with E-state index in [-0.39, 0.29) is 5.75 Å². The van der Waals surface area contributed by atoms with E-state index in [2.05, 4.69) is 26.1 Å². The summed E-state index contributed by atoms with van der Waals surface area (Å²) >= 11 is 3.49. The second-order valence-corrected chi connectivity index (χ2v) is 7.48. The highest BCUT2D eigenvalue weighted by molar-refractivity contribution is 9.10. The molecule has 0 spiro atoms. The van der Waals surface area contributed by atoms with Gasteiger partial charge in [0.15, 0.2) is 17.3 Å². The van der Waals surface area contributed by atoms with E-state index in [0.717, 1.165) is 22.9 Å². The predicted octanol–water partition coefficient (Wildman–Crippen LogP) is 3.00. The van der Waals surface area contributed by atoms with Crippen LogP contribution >= 0.6 is 15.9 Å². The van der Waals surface area contributed by atoms with Crippen LogP contribution in [0.25, 0.3) is 0 Å². The van der Waals surface area contributed by atoms with Crippen molar-refractivity contribution in [1.29, 1.82) is 0 Å². The van der Waals surface area contributed by atoms with Gasteiger partial charge in [0.2, 0.25) is 5.89 Å². The lowest BCUT2D eigenvalue weighted by Crippen LogP contribution is -2.15. The Morgan fingerprint density at radius 3 is 2.70 bits per heavy atom. The van der Waals surface area contributed by atoms with Crippen molar-refractivity contribution >= 4 is 26.7 Å². The van der Waals surface area contributed by atoms with Crippen LogP contribution < -0.4 is 9.47 Å². The first-order valence-corrected chi connectivity index (χ1v) is 9.68. The molecule has 2 heterocycles. The Hall–Kier alpha value is -1.41. The van der Waals surface area contributed by atoms with Gasteiger partial charge < -0.3 is 14.0 Å². The van der Waals surface area contributed by atoms with E-state index in [4.69, 9.17) is 14.0 Å². The van der Waals surface area contributed by atoms with Crippen LogP contribution in [0.2, 0.25) is 0 Å². The van der Waals surface area contributed by atoms with Gasteiger partial charge in [-0.2, -0.15) is 4.98 Å². The third-order valence-corrected chi connectivity index (χ3v) is 5.24. The lowest BCUT2D eigenvalue weighted by molar-refractivity contribution is 0.171. The SMILES string of the molecule is CCCc1nc(C[S@@](=O)Cc2cc3c(cc2Br)OCCO3)no1. The molecule has 1 aliphatic heterocycles. The van der Waals surface area contributed by atoms with Gasteiger partial charge in [-0.3, -0.25) is 4.21 Å². The van der Waals surface area contributed by atoms with Crippen LogP contribution in [-0.2, 0) is 28.7 Å². The molecule has 2 aromatic rings. The van der Waals surface area contributed by atoms with E-state index in [1.54, 1.807) is 0 Å². The van der Waals surface area contributed by atoms with Gasteiger partial charge in [-0.25, -0.2) is 0 Å². The third kappa shape index (κ3) is 4.11. The number of nitrogens with zero attached hydrogens (tertiary/aromatic N) is 2. The number of fused-ring (bicyclic) bond motifs is 1. The number of aromatic nitrogens is 2. The van der Waals surface area contributed by atoms with E-state index in [9.17, 15) is 4.21 Å². The molecule has 0 bridgehead atoms. The zero-order valence-corrected chi connectivity index (χ0v) is 15.1. The summed E-state index contributed by atoms with van der Waals surface area (Å²) in [7, 11) is -1.14. The number of benzene rings is 1. The van der Waals surface area contributed by atoms with Crippen LogP contribution in [-0.4, -0.2) is 27.6 Å². The molecule has 1 aliphatic rings. The van der Waals surface area contributed by atoms with Crippen molar-refractivity contribution in [1.82, 2.24) is 10.1 Å². The van der Waals surface area contributed by atoms with Crippen LogP contribution in [0.5, 0.6) is 11.5 Å². The fourth-order valence-corrected chi connectivity index (χ4v) is 3.99. The van der Waals surface area contributed by atoms with Crippen molar-refractivity contribution in [2.45, 2.75) is 31.3 Å². The van der Waals surface area contributed by atoms with Crippen molar-refractivity contribution in [2.24, 2.45) is 0 Å². The third-order valence-electron chi connectivity index (χ3n) is 3.29. The van der Waals surface area contributed by atoms with Crippen molar-refractivity contribution < 1.29 is 18.2 Å². The standard InChI is InChI=1S/C15H17BrN2O4S/c1-2-3-15-17-14(18-22-15)9-23(19)8-10-6-12-13(7-11(10)16)21-5-4-20-12/h6-7H,2-5,8-9H2,1H3/t23-/m0/s1. The maximum Gasteiger partial charge on any atom is 0.226 e. The first kappa shape index (κ1) is 16.4. The maximum absolute atomic E-state index is 12.4. The summed E-state index contributed by atoms with van der Waals surface area (Å²) in [5.41, 5.74) is 0.907. The van der Waals surface area contributed by atoms with Gasteiger partial charge in [-0.1, -0.05) is 28.0 Å². The van der Waals surface area contributed by atoms with Gasteiger partial charge in [-0.05, 0) is 24.1 Å². The highest BCUT2D eigenvalue weighted by atomic mass is 79.9. The van der Waals surface area contributed by atoms with E-state index >= 15 is 0 Å². The molecule has 0 unspecified atom stereocenters. The van der Waals surface area contributed by atoms with E-state index in [0.29, 0.717) is 42.2 Å². The fraction of sp³-hybridized carbons (Fsp3) is 0.467. The van der Waals surface area contributed by atoms with Gasteiger partial charge in [0.05, 0.1) is 11.5 Å². The van der Waals surface area contributed by atoms with Crippen molar-refractivity contribution in [2.75, 3.05) is 13.2 Å². The lowest BCUT2D eigenvalue weighted by atomic mass is 10.2. The molecule has 0 N–H and O–H groups in total. The topological polar surface area (TPSA) is 74.5 Å². The number of halogens is 1. The molecule has 6 nitrogen and oxygen atoms in total. The van der Waals surface area contributed by atoms with Gasteiger partial charge in [-0.15, -0.1) is 0 Å². The zero-order valence-electron chi connectivity index (χ0n) is 12.7. The largest absolute Gasteiger partial charge is 0.486 e. The second-order valence-electron chi connectivity index (χ2n) is 5.17. The Labute approximate surface area is 145 Å². The molecule has 1 aromatic heterocycles. The minimum atomic E-state index is -1.14. The summed E-state index contributed by atoms with van der Waals surface area (Å²) in [5, 5.41) is 3.87. The average molecular weight is 401 g/mol. The van der Waals surface area contributed by atoms with Crippen molar-refractivity contribution in [3.8, 4) is 11.5 Å². The predicted molar refractivity (Wildman–Crippen MR) is 89.0 cm³/mol. The molecule has 0 aliphatic carbocycles. The molecule has 0 radical (unpaired) electrons. The lowest BCUT2D eigenvalue weighted by Gasteiger charge is -2.19. The monoisotopic (exact) mass is 400 g/mol. The first-order chi connectivity index (χ1) is 11.2. The molecule has 0 amide bonds. The molecule has 3 rings (SSSR count). The summed E-state index contributed by atoms with van der Waals surface area (Å²) in [4.78, 5) is 4.25. The zero-order chi connectivity index (χ0) is 16.2. The minimum absolute atomic E-state index is 0.272. The van der Waals surface area contributed by atoms with Gasteiger partial charge in [0, 0.05) is 21.7 Å². The average Bonchev–Trinajstić information content (AvgIpc) is 2.95. The van der Waals surface area contributed by atoms with Crippen molar-refractivity contribution in [3.63, 3.8) is 0 Å². The summed E-state index contributed by atoms with van der Waals surface area (Å²) in [6.45, 7) is 3.12. The number of hydrogen-bond donors (Lipinski definition) is 0. The smallest absolute Gasteiger partial charge is 0.226 e. The summed E-state index contributed by atoms with van der Waals surface area (Å²) in [5.74, 6) is 3.14. The van der Waals surface area contributed by atoms with E-state index in [1.807, 2.05) is 19.1 Å². The van der Waals surface area contributed by atoms with Crippen LogP contribution in [0.15, 0.2) is 21.1 Å². The number of aryl methyl sites for hydroxylation is 1. The number of rotatable bonds is 6. The highest BCUT2D eigenvalue weighted by Crippen LogP contribution is 2.36. The molecule has 1 atom stereocenters. The quantitative estimate of drug-likeness (QED) is 0.741. The molecular formula is C15H17BrN2O4S. The summed E-state index contributed by atoms with van der Waals surface area (Å²) in [6, 6.07) is 3.73. The molecule has 0 saturated heterocycles. The molecule has 8 heteroatoms. The number of hydrogen-bond acceptors (Lipinski definition) is 6. The normalized spacial score (nSPS) is 14.7. The summed E-state index contributed by atoms with van der Waals surface area (Å²) < 4.78 is 29.4. The maximum atomic E-state index is 12.4. The molecule has 124 valence electrons. The first-order valence-electron chi connectivity index (χ1n) is 7.40. The molecule has 23 heavy (non-hydrogen) atoms. The molecule has 0 fully saturated rings. The molecule has 0 saturated carbocycles. The van der Waals surface area contributed by atoms with Crippen LogP contribution in [0, 0.1) is 0 Å². The Morgan fingerprint density at radius 1 is 1.22 bits per heavy atom. The van der Waals surface area contributed by atoms with Crippen LogP contribution in [0.4, 0.5) is 0 Å². The Balaban J connectivity index is 1.67. The summed E-state index contributed by atoms with van der Waals surface area (Å²) in [6.07, 6.45) is 1.68.